The van der Waals surface area contributed by atoms with Gasteiger partial charge in [0.25, 0.3) is 5.69 Å². The van der Waals surface area contributed by atoms with Crippen molar-refractivity contribution in [2.75, 3.05) is 18.5 Å². The minimum atomic E-state index is -0.879. The number of nitro groups is 1. The van der Waals surface area contributed by atoms with Gasteiger partial charge in [-0.25, -0.2) is 0 Å². The van der Waals surface area contributed by atoms with Crippen LogP contribution in [0, 0.1) is 17.0 Å². The van der Waals surface area contributed by atoms with Gasteiger partial charge in [-0.1, -0.05) is 0 Å². The first-order chi connectivity index (χ1) is 8.92. The van der Waals surface area contributed by atoms with E-state index in [-0.39, 0.29) is 11.8 Å². The Labute approximate surface area is 111 Å². The molecule has 1 aromatic carbocycles. The number of hydrogen-bond donors (Lipinski definition) is 2. The highest BCUT2D eigenvalue weighted by molar-refractivity contribution is 5.53. The first kappa shape index (κ1) is 13.8. The SMILES string of the molecule is Cc1cc(NCC2(O)CCOC2C)ccc1[N+](=O)[O-]. The maximum Gasteiger partial charge on any atom is 0.272 e. The Morgan fingerprint density at radius 1 is 1.63 bits per heavy atom. The van der Waals surface area contributed by atoms with Crippen molar-refractivity contribution in [3.63, 3.8) is 0 Å². The summed E-state index contributed by atoms with van der Waals surface area (Å²) in [5.41, 5.74) is 0.575. The van der Waals surface area contributed by atoms with Crippen LogP contribution in [0.3, 0.4) is 0 Å². The van der Waals surface area contributed by atoms with Crippen molar-refractivity contribution in [1.29, 1.82) is 0 Å². The van der Waals surface area contributed by atoms with Crippen LogP contribution in [0.25, 0.3) is 0 Å². The van der Waals surface area contributed by atoms with Crippen molar-refractivity contribution in [3.05, 3.63) is 33.9 Å². The fraction of sp³-hybridized carbons (Fsp3) is 0.538. The van der Waals surface area contributed by atoms with Gasteiger partial charge in [-0.2, -0.15) is 0 Å². The first-order valence-electron chi connectivity index (χ1n) is 6.25. The summed E-state index contributed by atoms with van der Waals surface area (Å²) in [6.07, 6.45) is 0.381. The molecule has 0 radical (unpaired) electrons. The van der Waals surface area contributed by atoms with E-state index < -0.39 is 10.5 Å². The molecule has 2 atom stereocenters. The Bertz CT molecular complexity index is 492. The number of rotatable bonds is 4. The molecule has 6 heteroatoms. The molecule has 1 aromatic rings. The molecule has 0 aromatic heterocycles. The molecular weight excluding hydrogens is 248 g/mol. The molecule has 0 saturated carbocycles. The smallest absolute Gasteiger partial charge is 0.272 e. The average Bonchev–Trinajstić information content (AvgIpc) is 2.67. The van der Waals surface area contributed by atoms with Crippen LogP contribution in [0.2, 0.25) is 0 Å². The minimum absolute atomic E-state index is 0.0989. The fourth-order valence-corrected chi connectivity index (χ4v) is 2.23. The number of nitrogens with one attached hydrogen (secondary N) is 1. The predicted octanol–water partition coefficient (Wildman–Crippen LogP) is 1.86. The van der Waals surface area contributed by atoms with Gasteiger partial charge in [0.2, 0.25) is 0 Å². The van der Waals surface area contributed by atoms with Gasteiger partial charge >= 0.3 is 0 Å². The fourth-order valence-electron chi connectivity index (χ4n) is 2.23. The third-order valence-electron chi connectivity index (χ3n) is 3.65. The average molecular weight is 266 g/mol. The zero-order chi connectivity index (χ0) is 14.0. The van der Waals surface area contributed by atoms with Crippen LogP contribution in [0.1, 0.15) is 18.9 Å². The number of anilines is 1. The Balaban J connectivity index is 2.04. The van der Waals surface area contributed by atoms with Crippen molar-refractivity contribution in [3.8, 4) is 0 Å². The normalized spacial score (nSPS) is 26.4. The van der Waals surface area contributed by atoms with E-state index in [0.717, 1.165) is 5.69 Å². The van der Waals surface area contributed by atoms with E-state index in [1.165, 1.54) is 6.07 Å². The highest BCUT2D eigenvalue weighted by Gasteiger charge is 2.39. The Hall–Kier alpha value is -1.66. The van der Waals surface area contributed by atoms with Gasteiger partial charge in [-0.3, -0.25) is 10.1 Å². The summed E-state index contributed by atoms with van der Waals surface area (Å²) in [6, 6.07) is 4.83. The molecule has 1 fully saturated rings. The molecule has 6 nitrogen and oxygen atoms in total. The molecule has 0 spiro atoms. The molecule has 0 amide bonds. The second kappa shape index (κ2) is 5.14. The maximum atomic E-state index is 10.7. The van der Waals surface area contributed by atoms with Crippen molar-refractivity contribution < 1.29 is 14.8 Å². The lowest BCUT2D eigenvalue weighted by Gasteiger charge is -2.26. The summed E-state index contributed by atoms with van der Waals surface area (Å²) < 4.78 is 5.35. The lowest BCUT2D eigenvalue weighted by Crippen LogP contribution is -2.43. The molecule has 19 heavy (non-hydrogen) atoms. The molecular formula is C13H18N2O4. The molecule has 1 heterocycles. The Morgan fingerprint density at radius 3 is 2.89 bits per heavy atom. The molecule has 2 unspecified atom stereocenters. The highest BCUT2D eigenvalue weighted by Crippen LogP contribution is 2.27. The number of aliphatic hydroxyl groups is 1. The molecule has 2 rings (SSSR count). The molecule has 1 saturated heterocycles. The quantitative estimate of drug-likeness (QED) is 0.641. The van der Waals surface area contributed by atoms with Crippen LogP contribution < -0.4 is 5.32 Å². The minimum Gasteiger partial charge on any atom is -0.385 e. The zero-order valence-corrected chi connectivity index (χ0v) is 11.0. The number of nitrogens with zero attached hydrogens (tertiary/aromatic N) is 1. The highest BCUT2D eigenvalue weighted by atomic mass is 16.6. The van der Waals surface area contributed by atoms with Crippen molar-refractivity contribution >= 4 is 11.4 Å². The van der Waals surface area contributed by atoms with E-state index in [9.17, 15) is 15.2 Å². The lowest BCUT2D eigenvalue weighted by molar-refractivity contribution is -0.385. The number of ether oxygens (including phenoxy) is 1. The third-order valence-corrected chi connectivity index (χ3v) is 3.65. The lowest BCUT2D eigenvalue weighted by atomic mass is 9.96. The summed E-state index contributed by atoms with van der Waals surface area (Å²) in [4.78, 5) is 10.3. The largest absolute Gasteiger partial charge is 0.385 e. The summed E-state index contributed by atoms with van der Waals surface area (Å²) in [5, 5.41) is 24.2. The van der Waals surface area contributed by atoms with E-state index >= 15 is 0 Å². The van der Waals surface area contributed by atoms with Crippen LogP contribution in [-0.2, 0) is 4.74 Å². The van der Waals surface area contributed by atoms with Gasteiger partial charge in [0.05, 0.1) is 11.0 Å². The second-order valence-electron chi connectivity index (χ2n) is 4.98. The molecule has 2 N–H and O–H groups in total. The van der Waals surface area contributed by atoms with Gasteiger partial charge < -0.3 is 15.2 Å². The monoisotopic (exact) mass is 266 g/mol. The topological polar surface area (TPSA) is 84.6 Å². The van der Waals surface area contributed by atoms with Crippen LogP contribution in [-0.4, -0.2) is 34.9 Å². The number of aryl methyl sites for hydroxylation is 1. The summed E-state index contributed by atoms with van der Waals surface area (Å²) >= 11 is 0. The van der Waals surface area contributed by atoms with E-state index in [2.05, 4.69) is 5.32 Å². The van der Waals surface area contributed by atoms with Crippen molar-refractivity contribution in [2.45, 2.75) is 32.0 Å². The van der Waals surface area contributed by atoms with Gasteiger partial charge in [0.15, 0.2) is 0 Å². The van der Waals surface area contributed by atoms with Crippen LogP contribution >= 0.6 is 0 Å². The number of hydrogen-bond acceptors (Lipinski definition) is 5. The predicted molar refractivity (Wildman–Crippen MR) is 71.3 cm³/mol. The van der Waals surface area contributed by atoms with Gasteiger partial charge in [-0.15, -0.1) is 0 Å². The van der Waals surface area contributed by atoms with Gasteiger partial charge in [0, 0.05) is 36.9 Å². The number of benzene rings is 1. The Kier molecular flexibility index (Phi) is 3.73. The maximum absolute atomic E-state index is 10.7. The molecule has 0 aliphatic carbocycles. The standard InChI is InChI=1S/C13H18N2O4/c1-9-7-11(3-4-12(9)15(17)18)14-8-13(16)5-6-19-10(13)2/h3-4,7,10,14,16H,5-6,8H2,1-2H3. The molecule has 104 valence electrons. The third kappa shape index (κ3) is 2.85. The van der Waals surface area contributed by atoms with Gasteiger partial charge in [-0.05, 0) is 26.0 Å². The van der Waals surface area contributed by atoms with Crippen LogP contribution in [0.5, 0.6) is 0 Å². The van der Waals surface area contributed by atoms with E-state index in [1.54, 1.807) is 19.1 Å². The van der Waals surface area contributed by atoms with Crippen LogP contribution in [0.4, 0.5) is 11.4 Å². The summed E-state index contributed by atoms with van der Waals surface area (Å²) in [7, 11) is 0. The second-order valence-corrected chi connectivity index (χ2v) is 4.98. The summed E-state index contributed by atoms with van der Waals surface area (Å²) in [6.45, 7) is 4.46. The first-order valence-corrected chi connectivity index (χ1v) is 6.25. The Morgan fingerprint density at radius 2 is 2.37 bits per heavy atom. The van der Waals surface area contributed by atoms with Crippen molar-refractivity contribution in [1.82, 2.24) is 0 Å². The van der Waals surface area contributed by atoms with Crippen molar-refractivity contribution in [2.24, 2.45) is 0 Å². The van der Waals surface area contributed by atoms with Crippen LogP contribution in [0.15, 0.2) is 18.2 Å². The number of nitro benzene ring substituents is 1. The van der Waals surface area contributed by atoms with E-state index in [1.807, 2.05) is 6.92 Å². The van der Waals surface area contributed by atoms with E-state index in [0.29, 0.717) is 25.1 Å². The van der Waals surface area contributed by atoms with E-state index in [4.69, 9.17) is 4.74 Å². The molecule has 0 bridgehead atoms. The summed E-state index contributed by atoms with van der Waals surface area (Å²) in [5.74, 6) is 0. The molecule has 1 aliphatic rings. The van der Waals surface area contributed by atoms with Gasteiger partial charge in [0.1, 0.15) is 5.60 Å². The zero-order valence-electron chi connectivity index (χ0n) is 11.0. The molecule has 1 aliphatic heterocycles.